The molecule has 0 saturated heterocycles. The number of tetrazole rings is 1. The molecule has 2 rings (SSSR count). The van der Waals surface area contributed by atoms with Crippen LogP contribution in [0.3, 0.4) is 0 Å². The molecule has 0 atom stereocenters. The Bertz CT molecular complexity index is 437. The molecule has 6 nitrogen and oxygen atoms in total. The Morgan fingerprint density at radius 2 is 2.13 bits per heavy atom. The lowest BCUT2D eigenvalue weighted by atomic mass is 10.1. The summed E-state index contributed by atoms with van der Waals surface area (Å²) in [6.45, 7) is 0.292. The van der Waals surface area contributed by atoms with Crippen LogP contribution in [0, 0.1) is 0 Å². The first-order valence-corrected chi connectivity index (χ1v) is 4.37. The van der Waals surface area contributed by atoms with E-state index >= 15 is 0 Å². The fourth-order valence-corrected chi connectivity index (χ4v) is 1.21. The average Bonchev–Trinajstić information content (AvgIpc) is 2.80. The summed E-state index contributed by atoms with van der Waals surface area (Å²) in [5, 5.41) is 23.2. The van der Waals surface area contributed by atoms with Crippen molar-refractivity contribution in [2.45, 2.75) is 6.54 Å². The molecule has 0 saturated carbocycles. The second-order valence-electron chi connectivity index (χ2n) is 2.88. The molecule has 0 unspecified atom stereocenters. The van der Waals surface area contributed by atoms with E-state index in [4.69, 9.17) is 5.21 Å². The number of hydrogen-bond acceptors (Lipinski definition) is 5. The largest absolute Gasteiger partial charge is 0.411 e. The van der Waals surface area contributed by atoms with Gasteiger partial charge in [0.1, 0.15) is 12.3 Å². The van der Waals surface area contributed by atoms with E-state index in [1.165, 1.54) is 11.1 Å². The second kappa shape index (κ2) is 4.32. The number of hydrogen-bond donors (Lipinski definition) is 1. The van der Waals surface area contributed by atoms with E-state index in [0.717, 1.165) is 5.56 Å². The molecule has 1 heterocycles. The molecule has 0 fully saturated rings. The smallest absolute Gasteiger partial charge is 0.162 e. The van der Waals surface area contributed by atoms with Crippen LogP contribution < -0.4 is 0 Å². The van der Waals surface area contributed by atoms with Crippen molar-refractivity contribution in [2.75, 3.05) is 0 Å². The highest BCUT2D eigenvalue weighted by molar-refractivity contribution is 5.99. The minimum atomic E-state index is 0.292. The predicted octanol–water partition coefficient (Wildman–Crippen LogP) is 0.552. The van der Waals surface area contributed by atoms with Crippen LogP contribution in [0.2, 0.25) is 0 Å². The van der Waals surface area contributed by atoms with Gasteiger partial charge in [0.2, 0.25) is 0 Å². The first kappa shape index (κ1) is 9.32. The highest BCUT2D eigenvalue weighted by Gasteiger charge is 2.05. The van der Waals surface area contributed by atoms with Crippen molar-refractivity contribution in [3.8, 4) is 0 Å². The molecule has 0 amide bonds. The van der Waals surface area contributed by atoms with Gasteiger partial charge in [-0.2, -0.15) is 4.80 Å². The minimum absolute atomic E-state index is 0.292. The summed E-state index contributed by atoms with van der Waals surface area (Å²) in [4.78, 5) is 1.35. The highest BCUT2D eigenvalue weighted by Crippen LogP contribution is 2.02. The number of nitrogens with zero attached hydrogens (tertiary/aromatic N) is 5. The standard InChI is InChI=1S/C9H9N5O/c15-12-9(6-14-11-7-10-13-14)8-4-2-1-3-5-8/h1-5,7,15H,6H2/b12-9+. The fourth-order valence-electron chi connectivity index (χ4n) is 1.21. The van der Waals surface area contributed by atoms with Crippen LogP contribution in [0.25, 0.3) is 0 Å². The van der Waals surface area contributed by atoms with Crippen molar-refractivity contribution < 1.29 is 5.21 Å². The zero-order chi connectivity index (χ0) is 10.5. The predicted molar refractivity (Wildman–Crippen MR) is 52.6 cm³/mol. The van der Waals surface area contributed by atoms with Crippen molar-refractivity contribution in [3.63, 3.8) is 0 Å². The summed E-state index contributed by atoms with van der Waals surface area (Å²) in [6, 6.07) is 9.34. The van der Waals surface area contributed by atoms with Crippen LogP contribution in [0.15, 0.2) is 41.8 Å². The van der Waals surface area contributed by atoms with Gasteiger partial charge in [0, 0.05) is 5.56 Å². The maximum atomic E-state index is 8.88. The molecule has 1 N–H and O–H groups in total. The molecule has 76 valence electrons. The van der Waals surface area contributed by atoms with Crippen molar-refractivity contribution in [1.29, 1.82) is 0 Å². The molecule has 2 aromatic rings. The Morgan fingerprint density at radius 1 is 1.33 bits per heavy atom. The van der Waals surface area contributed by atoms with Crippen molar-refractivity contribution in [1.82, 2.24) is 20.2 Å². The lowest BCUT2D eigenvalue weighted by Crippen LogP contribution is -2.14. The molecular formula is C9H9N5O. The SMILES string of the molecule is O/N=C(\Cn1ncnn1)c1ccccc1. The third-order valence-corrected chi connectivity index (χ3v) is 1.91. The van der Waals surface area contributed by atoms with E-state index in [1.54, 1.807) is 0 Å². The first-order chi connectivity index (χ1) is 7.40. The Balaban J connectivity index is 2.20. The molecule has 0 aliphatic heterocycles. The Kier molecular flexibility index (Phi) is 2.68. The van der Waals surface area contributed by atoms with Crippen LogP contribution in [-0.2, 0) is 6.54 Å². The van der Waals surface area contributed by atoms with Crippen molar-refractivity contribution in [2.24, 2.45) is 5.16 Å². The minimum Gasteiger partial charge on any atom is -0.411 e. The lowest BCUT2D eigenvalue weighted by Gasteiger charge is -2.02. The van der Waals surface area contributed by atoms with Crippen molar-refractivity contribution >= 4 is 5.71 Å². The van der Waals surface area contributed by atoms with Crippen LogP contribution in [0.1, 0.15) is 5.56 Å². The zero-order valence-corrected chi connectivity index (χ0v) is 7.85. The van der Waals surface area contributed by atoms with Gasteiger partial charge in [-0.15, -0.1) is 10.2 Å². The number of oxime groups is 1. The van der Waals surface area contributed by atoms with Gasteiger partial charge < -0.3 is 5.21 Å². The molecule has 0 aliphatic carbocycles. The molecule has 1 aromatic heterocycles. The van der Waals surface area contributed by atoms with E-state index in [-0.39, 0.29) is 0 Å². The van der Waals surface area contributed by atoms with Gasteiger partial charge >= 0.3 is 0 Å². The van der Waals surface area contributed by atoms with E-state index in [9.17, 15) is 0 Å². The van der Waals surface area contributed by atoms with E-state index in [2.05, 4.69) is 20.6 Å². The van der Waals surface area contributed by atoms with Gasteiger partial charge in [0.25, 0.3) is 0 Å². The topological polar surface area (TPSA) is 76.2 Å². The van der Waals surface area contributed by atoms with E-state index in [1.807, 2.05) is 30.3 Å². The van der Waals surface area contributed by atoms with Crippen LogP contribution >= 0.6 is 0 Å². The van der Waals surface area contributed by atoms with Gasteiger partial charge in [0.15, 0.2) is 6.33 Å². The molecule has 0 spiro atoms. The Labute approximate surface area is 85.8 Å². The summed E-state index contributed by atoms with van der Waals surface area (Å²) < 4.78 is 0. The Morgan fingerprint density at radius 3 is 2.73 bits per heavy atom. The maximum Gasteiger partial charge on any atom is 0.162 e. The van der Waals surface area contributed by atoms with Crippen LogP contribution in [0.4, 0.5) is 0 Å². The zero-order valence-electron chi connectivity index (χ0n) is 7.85. The van der Waals surface area contributed by atoms with Gasteiger partial charge in [-0.1, -0.05) is 35.5 Å². The second-order valence-corrected chi connectivity index (χ2v) is 2.88. The third kappa shape index (κ3) is 2.16. The van der Waals surface area contributed by atoms with Crippen LogP contribution in [-0.4, -0.2) is 31.1 Å². The molecule has 0 radical (unpaired) electrons. The lowest BCUT2D eigenvalue weighted by molar-refractivity contribution is 0.316. The summed E-state index contributed by atoms with van der Waals surface area (Å²) in [6.07, 6.45) is 1.33. The third-order valence-electron chi connectivity index (χ3n) is 1.91. The van der Waals surface area contributed by atoms with Crippen molar-refractivity contribution in [3.05, 3.63) is 42.2 Å². The highest BCUT2D eigenvalue weighted by atomic mass is 16.4. The van der Waals surface area contributed by atoms with E-state index in [0.29, 0.717) is 12.3 Å². The normalized spacial score (nSPS) is 11.6. The quantitative estimate of drug-likeness (QED) is 0.449. The number of rotatable bonds is 3. The summed E-state index contributed by atoms with van der Waals surface area (Å²) in [7, 11) is 0. The average molecular weight is 203 g/mol. The summed E-state index contributed by atoms with van der Waals surface area (Å²) in [5.74, 6) is 0. The maximum absolute atomic E-state index is 8.88. The molecule has 0 aliphatic rings. The van der Waals surface area contributed by atoms with Gasteiger partial charge in [-0.3, -0.25) is 0 Å². The first-order valence-electron chi connectivity index (χ1n) is 4.37. The summed E-state index contributed by atoms with van der Waals surface area (Å²) in [5.41, 5.74) is 1.32. The van der Waals surface area contributed by atoms with E-state index < -0.39 is 0 Å². The molecule has 15 heavy (non-hydrogen) atoms. The van der Waals surface area contributed by atoms with Gasteiger partial charge in [0.05, 0.1) is 0 Å². The number of aromatic nitrogens is 4. The van der Waals surface area contributed by atoms with Crippen LogP contribution in [0.5, 0.6) is 0 Å². The van der Waals surface area contributed by atoms with Gasteiger partial charge in [-0.05, 0) is 5.21 Å². The molecular weight excluding hydrogens is 194 g/mol. The van der Waals surface area contributed by atoms with Gasteiger partial charge in [-0.25, -0.2) is 0 Å². The molecule has 0 bridgehead atoms. The number of benzene rings is 1. The molecule has 1 aromatic carbocycles. The monoisotopic (exact) mass is 203 g/mol. The Hall–Kier alpha value is -2.24. The molecule has 6 heteroatoms. The summed E-state index contributed by atoms with van der Waals surface area (Å²) >= 11 is 0. The fraction of sp³-hybridized carbons (Fsp3) is 0.111.